The topological polar surface area (TPSA) is 87.9 Å². The standard InChI is InChI=1S/C18H23NO5/c19-17(21)15-3-1-13(2-4-15)11-16(20)22-12-14-5-7-18(8-6-14)23-9-10-24-18/h1-4,14H,5-12H2,(H2,19,21). The minimum absolute atomic E-state index is 0.196. The van der Waals surface area contributed by atoms with E-state index in [-0.39, 0.29) is 18.2 Å². The molecule has 6 nitrogen and oxygen atoms in total. The molecule has 2 N–H and O–H groups in total. The lowest BCUT2D eigenvalue weighted by atomic mass is 9.85. The van der Waals surface area contributed by atoms with Gasteiger partial charge in [-0.05, 0) is 36.5 Å². The molecule has 130 valence electrons. The van der Waals surface area contributed by atoms with Crippen LogP contribution in [0.15, 0.2) is 24.3 Å². The van der Waals surface area contributed by atoms with Gasteiger partial charge in [-0.25, -0.2) is 0 Å². The molecule has 1 aliphatic heterocycles. The van der Waals surface area contributed by atoms with E-state index in [9.17, 15) is 9.59 Å². The maximum atomic E-state index is 12.0. The van der Waals surface area contributed by atoms with Gasteiger partial charge in [0.1, 0.15) is 0 Å². The Kier molecular flexibility index (Phi) is 5.16. The average Bonchev–Trinajstić information content (AvgIpc) is 3.03. The molecule has 1 aromatic rings. The van der Waals surface area contributed by atoms with Crippen molar-refractivity contribution < 1.29 is 23.8 Å². The number of ether oxygens (including phenoxy) is 3. The zero-order valence-corrected chi connectivity index (χ0v) is 13.7. The van der Waals surface area contributed by atoms with Crippen molar-refractivity contribution in [2.45, 2.75) is 37.9 Å². The zero-order valence-electron chi connectivity index (χ0n) is 13.7. The lowest BCUT2D eigenvalue weighted by molar-refractivity contribution is -0.185. The minimum Gasteiger partial charge on any atom is -0.465 e. The molecule has 1 aromatic carbocycles. The highest BCUT2D eigenvalue weighted by atomic mass is 16.7. The highest BCUT2D eigenvalue weighted by Crippen LogP contribution is 2.38. The molecule has 0 radical (unpaired) electrons. The second-order valence-electron chi connectivity index (χ2n) is 6.47. The van der Waals surface area contributed by atoms with E-state index in [1.54, 1.807) is 24.3 Å². The molecule has 1 saturated carbocycles. The van der Waals surface area contributed by atoms with Crippen molar-refractivity contribution in [1.82, 2.24) is 0 Å². The Balaban J connectivity index is 1.40. The molecule has 0 unspecified atom stereocenters. The number of carbonyl (C=O) groups excluding carboxylic acids is 2. The molecule has 1 heterocycles. The monoisotopic (exact) mass is 333 g/mol. The molecule has 0 bridgehead atoms. The Bertz CT molecular complexity index is 582. The Hall–Kier alpha value is -1.92. The van der Waals surface area contributed by atoms with Crippen molar-refractivity contribution >= 4 is 11.9 Å². The minimum atomic E-state index is -0.477. The van der Waals surface area contributed by atoms with Crippen LogP contribution in [-0.2, 0) is 25.4 Å². The lowest BCUT2D eigenvalue weighted by Gasteiger charge is -2.35. The first-order valence-corrected chi connectivity index (χ1v) is 8.39. The molecule has 0 aromatic heterocycles. The summed E-state index contributed by atoms with van der Waals surface area (Å²) in [7, 11) is 0. The Morgan fingerprint density at radius 1 is 1.12 bits per heavy atom. The van der Waals surface area contributed by atoms with Crippen LogP contribution in [0.2, 0.25) is 0 Å². The van der Waals surface area contributed by atoms with Gasteiger partial charge < -0.3 is 19.9 Å². The largest absolute Gasteiger partial charge is 0.465 e. The second kappa shape index (κ2) is 7.32. The third-order valence-electron chi connectivity index (χ3n) is 4.75. The first-order chi connectivity index (χ1) is 11.6. The summed E-state index contributed by atoms with van der Waals surface area (Å²) in [6.45, 7) is 1.79. The molecule has 1 amide bonds. The maximum absolute atomic E-state index is 12.0. The summed E-state index contributed by atoms with van der Waals surface area (Å²) in [5, 5.41) is 0. The van der Waals surface area contributed by atoms with Gasteiger partial charge in [-0.3, -0.25) is 9.59 Å². The van der Waals surface area contributed by atoms with Crippen molar-refractivity contribution in [3.63, 3.8) is 0 Å². The summed E-state index contributed by atoms with van der Waals surface area (Å²) in [6, 6.07) is 6.68. The highest BCUT2D eigenvalue weighted by molar-refractivity contribution is 5.92. The Labute approximate surface area is 141 Å². The third-order valence-corrected chi connectivity index (χ3v) is 4.75. The van der Waals surface area contributed by atoms with E-state index in [4.69, 9.17) is 19.9 Å². The molecular weight excluding hydrogens is 310 g/mol. The van der Waals surface area contributed by atoms with Crippen LogP contribution in [0.3, 0.4) is 0 Å². The van der Waals surface area contributed by atoms with Crippen LogP contribution in [0.4, 0.5) is 0 Å². The van der Waals surface area contributed by atoms with Crippen molar-refractivity contribution in [1.29, 1.82) is 0 Å². The van der Waals surface area contributed by atoms with Gasteiger partial charge in [-0.1, -0.05) is 12.1 Å². The van der Waals surface area contributed by atoms with Crippen molar-refractivity contribution in [2.24, 2.45) is 11.7 Å². The highest BCUT2D eigenvalue weighted by Gasteiger charge is 2.40. The van der Waals surface area contributed by atoms with Crippen molar-refractivity contribution in [3.8, 4) is 0 Å². The molecule has 1 aliphatic carbocycles. The van der Waals surface area contributed by atoms with Gasteiger partial charge in [-0.2, -0.15) is 0 Å². The number of carbonyl (C=O) groups is 2. The molecule has 24 heavy (non-hydrogen) atoms. The fraction of sp³-hybridized carbons (Fsp3) is 0.556. The Morgan fingerprint density at radius 2 is 1.75 bits per heavy atom. The summed E-state index contributed by atoms with van der Waals surface area (Å²) in [5.74, 6) is -0.739. The van der Waals surface area contributed by atoms with Gasteiger partial charge in [0, 0.05) is 18.4 Å². The third kappa shape index (κ3) is 4.13. The van der Waals surface area contributed by atoms with E-state index >= 15 is 0 Å². The number of nitrogens with two attached hydrogens (primary N) is 1. The molecule has 0 atom stereocenters. The quantitative estimate of drug-likeness (QED) is 0.830. The average molecular weight is 333 g/mol. The number of benzene rings is 1. The fourth-order valence-corrected chi connectivity index (χ4v) is 3.29. The molecule has 2 fully saturated rings. The van der Waals surface area contributed by atoms with Crippen LogP contribution in [0.25, 0.3) is 0 Å². The van der Waals surface area contributed by atoms with Crippen LogP contribution in [-0.4, -0.2) is 37.5 Å². The lowest BCUT2D eigenvalue weighted by Crippen LogP contribution is -2.36. The number of hydrogen-bond acceptors (Lipinski definition) is 5. The molecule has 3 rings (SSSR count). The number of primary amides is 1. The van der Waals surface area contributed by atoms with Gasteiger partial charge in [-0.15, -0.1) is 0 Å². The smallest absolute Gasteiger partial charge is 0.310 e. The SMILES string of the molecule is NC(=O)c1ccc(CC(=O)OCC2CCC3(CC2)OCCO3)cc1. The van der Waals surface area contributed by atoms with Gasteiger partial charge in [0.25, 0.3) is 0 Å². The van der Waals surface area contributed by atoms with E-state index in [2.05, 4.69) is 0 Å². The van der Waals surface area contributed by atoms with Gasteiger partial charge >= 0.3 is 5.97 Å². The van der Waals surface area contributed by atoms with Gasteiger partial charge in [0.05, 0.1) is 26.2 Å². The summed E-state index contributed by atoms with van der Waals surface area (Å²) in [4.78, 5) is 23.0. The van der Waals surface area contributed by atoms with Crippen molar-refractivity contribution in [3.05, 3.63) is 35.4 Å². The van der Waals surface area contributed by atoms with Gasteiger partial charge in [0.15, 0.2) is 5.79 Å². The summed E-state index contributed by atoms with van der Waals surface area (Å²) in [6.07, 6.45) is 3.82. The van der Waals surface area contributed by atoms with Crippen LogP contribution >= 0.6 is 0 Å². The normalized spacial score (nSPS) is 20.2. The number of amides is 1. The second-order valence-corrected chi connectivity index (χ2v) is 6.47. The van der Waals surface area contributed by atoms with E-state index < -0.39 is 5.91 Å². The first-order valence-electron chi connectivity index (χ1n) is 8.39. The first kappa shape index (κ1) is 16.9. The summed E-state index contributed by atoms with van der Waals surface area (Å²) < 4.78 is 16.8. The fourth-order valence-electron chi connectivity index (χ4n) is 3.29. The summed E-state index contributed by atoms with van der Waals surface area (Å²) >= 11 is 0. The van der Waals surface area contributed by atoms with Gasteiger partial charge in [0.2, 0.25) is 5.91 Å². The molecule has 6 heteroatoms. The predicted molar refractivity (Wildman–Crippen MR) is 86.2 cm³/mol. The number of esters is 1. The van der Waals surface area contributed by atoms with E-state index in [0.717, 1.165) is 31.2 Å². The van der Waals surface area contributed by atoms with Crippen LogP contribution in [0, 0.1) is 5.92 Å². The van der Waals surface area contributed by atoms with Crippen molar-refractivity contribution in [2.75, 3.05) is 19.8 Å². The van der Waals surface area contributed by atoms with Crippen LogP contribution in [0.5, 0.6) is 0 Å². The maximum Gasteiger partial charge on any atom is 0.310 e. The molecular formula is C18H23NO5. The number of rotatable bonds is 5. The van der Waals surface area contributed by atoms with Crippen LogP contribution < -0.4 is 5.73 Å². The summed E-state index contributed by atoms with van der Waals surface area (Å²) in [5.41, 5.74) is 6.43. The molecule has 2 aliphatic rings. The number of hydrogen-bond donors (Lipinski definition) is 1. The molecule has 1 saturated heterocycles. The predicted octanol–water partition coefficient (Wildman–Crippen LogP) is 1.80. The zero-order chi connectivity index (χ0) is 17.0. The van der Waals surface area contributed by atoms with Crippen LogP contribution in [0.1, 0.15) is 41.6 Å². The van der Waals surface area contributed by atoms with E-state index in [1.807, 2.05) is 0 Å². The Morgan fingerprint density at radius 3 is 2.33 bits per heavy atom. The molecule has 1 spiro atoms. The van der Waals surface area contributed by atoms with E-state index in [0.29, 0.717) is 31.3 Å². The van der Waals surface area contributed by atoms with E-state index in [1.165, 1.54) is 0 Å².